The third-order valence-electron chi connectivity index (χ3n) is 6.76. The fraction of sp³-hybridized carbons (Fsp3) is 0.600. The number of aromatic hydroxyl groups is 1. The number of hydrogen-bond donors (Lipinski definition) is 2. The molecule has 2 N–H and O–H groups in total. The summed E-state index contributed by atoms with van der Waals surface area (Å²) in [6, 6.07) is 5.52. The lowest BCUT2D eigenvalue weighted by Gasteiger charge is -2.49. The number of rotatable bonds is 3. The predicted molar refractivity (Wildman–Crippen MR) is 93.8 cm³/mol. The lowest BCUT2D eigenvalue weighted by molar-refractivity contribution is -0.142. The number of carbonyl (C=O) groups is 1. The Bertz CT molecular complexity index is 728. The zero-order chi connectivity index (χ0) is 17.6. The van der Waals surface area contributed by atoms with Crippen molar-refractivity contribution in [3.8, 4) is 5.75 Å². The molecule has 0 aliphatic heterocycles. The first-order valence-corrected chi connectivity index (χ1v) is 9.22. The number of aliphatic carboxylic acids is 1. The molecule has 0 heterocycles. The van der Waals surface area contributed by atoms with Crippen molar-refractivity contribution < 1.29 is 19.8 Å². The molecule has 3 aliphatic rings. The number of hydrogen-bond acceptors (Lipinski definition) is 4. The number of phenols is 1. The van der Waals surface area contributed by atoms with E-state index in [4.69, 9.17) is 9.94 Å². The summed E-state index contributed by atoms with van der Waals surface area (Å²) in [4.78, 5) is 15.8. The molecule has 0 radical (unpaired) electrons. The first-order chi connectivity index (χ1) is 12.0. The van der Waals surface area contributed by atoms with Crippen LogP contribution in [0.5, 0.6) is 5.75 Å². The van der Waals surface area contributed by atoms with Crippen molar-refractivity contribution in [3.63, 3.8) is 0 Å². The zero-order valence-electron chi connectivity index (χ0n) is 14.6. The van der Waals surface area contributed by atoms with E-state index in [1.165, 1.54) is 37.7 Å². The Hall–Kier alpha value is -2.04. The van der Waals surface area contributed by atoms with Gasteiger partial charge in [-0.3, -0.25) is 0 Å². The Kier molecular flexibility index (Phi) is 3.97. The number of benzene rings is 1. The van der Waals surface area contributed by atoms with Gasteiger partial charge in [-0.25, -0.2) is 4.79 Å². The number of carboxylic acids is 1. The van der Waals surface area contributed by atoms with E-state index < -0.39 is 12.6 Å². The first-order valence-electron chi connectivity index (χ1n) is 9.22. The standard InChI is InChI=1S/C20H25NO4/c1-20-7-2-3-17(20)15-10-18(21-25-11-19(23)24)16-9-12(22)4-5-13(16)14(15)6-8-20/h4-5,9,14-15,17,22H,2-3,6-8,10-11H2,1H3,(H,23,24)/b21-18+/t14?,15?,17?,20-/m0/s1. The van der Waals surface area contributed by atoms with Gasteiger partial charge in [0.15, 0.2) is 0 Å². The van der Waals surface area contributed by atoms with Gasteiger partial charge in [-0.1, -0.05) is 24.6 Å². The van der Waals surface area contributed by atoms with Crippen molar-refractivity contribution in [1.82, 2.24) is 0 Å². The molecule has 2 fully saturated rings. The Morgan fingerprint density at radius 2 is 2.20 bits per heavy atom. The van der Waals surface area contributed by atoms with Crippen molar-refractivity contribution in [2.45, 2.75) is 51.4 Å². The van der Waals surface area contributed by atoms with Gasteiger partial charge in [-0.2, -0.15) is 0 Å². The molecule has 4 atom stereocenters. The van der Waals surface area contributed by atoms with E-state index >= 15 is 0 Å². The van der Waals surface area contributed by atoms with E-state index in [2.05, 4.69) is 12.1 Å². The summed E-state index contributed by atoms with van der Waals surface area (Å²) >= 11 is 0. The van der Waals surface area contributed by atoms with Crippen molar-refractivity contribution in [2.24, 2.45) is 22.4 Å². The number of carboxylic acid groups (broad SMARTS) is 1. The second-order valence-corrected chi connectivity index (χ2v) is 8.14. The Balaban J connectivity index is 1.72. The third-order valence-corrected chi connectivity index (χ3v) is 6.76. The van der Waals surface area contributed by atoms with E-state index in [1.807, 2.05) is 6.07 Å². The summed E-state index contributed by atoms with van der Waals surface area (Å²) in [5, 5.41) is 22.9. The van der Waals surface area contributed by atoms with E-state index in [0.717, 1.165) is 17.7 Å². The van der Waals surface area contributed by atoms with E-state index in [-0.39, 0.29) is 5.75 Å². The smallest absolute Gasteiger partial charge is 0.344 e. The van der Waals surface area contributed by atoms with Crippen molar-refractivity contribution in [2.75, 3.05) is 6.61 Å². The van der Waals surface area contributed by atoms with Crippen molar-refractivity contribution >= 4 is 11.7 Å². The van der Waals surface area contributed by atoms with Crippen LogP contribution in [-0.2, 0) is 9.63 Å². The number of phenolic OH excluding ortho intramolecular Hbond substituents is 1. The number of oxime groups is 1. The summed E-state index contributed by atoms with van der Waals surface area (Å²) in [6.07, 6.45) is 7.13. The normalized spacial score (nSPS) is 34.9. The van der Waals surface area contributed by atoms with Crippen LogP contribution in [0.25, 0.3) is 0 Å². The number of nitrogens with zero attached hydrogens (tertiary/aromatic N) is 1. The van der Waals surface area contributed by atoms with Gasteiger partial charge in [0.05, 0.1) is 5.71 Å². The summed E-state index contributed by atoms with van der Waals surface area (Å²) < 4.78 is 0. The average Bonchev–Trinajstić information content (AvgIpc) is 2.96. The van der Waals surface area contributed by atoms with Gasteiger partial charge in [-0.15, -0.1) is 0 Å². The molecular weight excluding hydrogens is 318 g/mol. The molecule has 0 amide bonds. The minimum atomic E-state index is -1.03. The van der Waals surface area contributed by atoms with E-state index in [9.17, 15) is 9.90 Å². The molecule has 134 valence electrons. The van der Waals surface area contributed by atoms with Crippen molar-refractivity contribution in [1.29, 1.82) is 0 Å². The molecule has 0 aromatic heterocycles. The van der Waals surface area contributed by atoms with Crippen LogP contribution in [0.4, 0.5) is 0 Å². The maximum absolute atomic E-state index is 10.7. The van der Waals surface area contributed by atoms with E-state index in [1.54, 1.807) is 12.1 Å². The minimum absolute atomic E-state index is 0.213. The largest absolute Gasteiger partial charge is 0.508 e. The molecular formula is C20H25NO4. The van der Waals surface area contributed by atoms with Crippen LogP contribution in [0.1, 0.15) is 62.5 Å². The van der Waals surface area contributed by atoms with Crippen LogP contribution in [0, 0.1) is 17.3 Å². The lowest BCUT2D eigenvalue weighted by atomic mass is 9.55. The van der Waals surface area contributed by atoms with Crippen LogP contribution in [0.15, 0.2) is 23.4 Å². The molecule has 3 unspecified atom stereocenters. The van der Waals surface area contributed by atoms with Gasteiger partial charge in [0.2, 0.25) is 6.61 Å². The molecule has 5 nitrogen and oxygen atoms in total. The van der Waals surface area contributed by atoms with Crippen LogP contribution in [0.3, 0.4) is 0 Å². The van der Waals surface area contributed by atoms with Crippen LogP contribution in [-0.4, -0.2) is 28.5 Å². The predicted octanol–water partition coefficient (Wildman–Crippen LogP) is 3.90. The molecule has 1 aromatic rings. The van der Waals surface area contributed by atoms with Gasteiger partial charge < -0.3 is 15.1 Å². The molecule has 0 spiro atoms. The summed E-state index contributed by atoms with van der Waals surface area (Å²) in [7, 11) is 0. The highest BCUT2D eigenvalue weighted by atomic mass is 16.6. The van der Waals surface area contributed by atoms with E-state index in [0.29, 0.717) is 23.2 Å². The minimum Gasteiger partial charge on any atom is -0.508 e. The Morgan fingerprint density at radius 3 is 3.00 bits per heavy atom. The highest BCUT2D eigenvalue weighted by Crippen LogP contribution is 2.60. The van der Waals surface area contributed by atoms with Crippen LogP contribution < -0.4 is 0 Å². The highest BCUT2D eigenvalue weighted by Gasteiger charge is 2.51. The van der Waals surface area contributed by atoms with Gasteiger partial charge in [0, 0.05) is 5.56 Å². The fourth-order valence-corrected chi connectivity index (χ4v) is 5.65. The summed E-state index contributed by atoms with van der Waals surface area (Å²) in [5.74, 6) is 0.911. The monoisotopic (exact) mass is 343 g/mol. The lowest BCUT2D eigenvalue weighted by Crippen LogP contribution is -2.41. The molecule has 0 bridgehead atoms. The molecule has 4 rings (SSSR count). The second kappa shape index (κ2) is 6.04. The highest BCUT2D eigenvalue weighted by molar-refractivity contribution is 6.03. The number of fused-ring (bicyclic) bond motifs is 5. The molecule has 0 saturated heterocycles. The molecule has 3 aliphatic carbocycles. The topological polar surface area (TPSA) is 79.1 Å². The van der Waals surface area contributed by atoms with Gasteiger partial charge in [-0.05, 0) is 73.0 Å². The maximum atomic E-state index is 10.7. The van der Waals surface area contributed by atoms with Crippen LogP contribution in [0.2, 0.25) is 0 Å². The average molecular weight is 343 g/mol. The molecule has 25 heavy (non-hydrogen) atoms. The quantitative estimate of drug-likeness (QED) is 0.816. The fourth-order valence-electron chi connectivity index (χ4n) is 5.65. The van der Waals surface area contributed by atoms with Crippen LogP contribution >= 0.6 is 0 Å². The van der Waals surface area contributed by atoms with Gasteiger partial charge >= 0.3 is 5.97 Å². The Morgan fingerprint density at radius 1 is 1.36 bits per heavy atom. The van der Waals surface area contributed by atoms with Gasteiger partial charge in [0.25, 0.3) is 0 Å². The zero-order valence-corrected chi connectivity index (χ0v) is 14.6. The SMILES string of the molecule is C[C@@]12CCCC1C1C/C(=N\OCC(=O)O)c3cc(O)ccc3C1CC2. The maximum Gasteiger partial charge on any atom is 0.344 e. The summed E-state index contributed by atoms with van der Waals surface area (Å²) in [6.45, 7) is 2.00. The molecule has 5 heteroatoms. The summed E-state index contributed by atoms with van der Waals surface area (Å²) in [5.41, 5.74) is 3.38. The second-order valence-electron chi connectivity index (χ2n) is 8.14. The third kappa shape index (κ3) is 2.79. The first kappa shape index (κ1) is 16.4. The van der Waals surface area contributed by atoms with Gasteiger partial charge in [0.1, 0.15) is 5.75 Å². The molecule has 1 aromatic carbocycles. The Labute approximate surface area is 147 Å². The van der Waals surface area contributed by atoms with Crippen molar-refractivity contribution in [3.05, 3.63) is 29.3 Å². The molecule has 2 saturated carbocycles.